The molecule has 2 amide bonds. The van der Waals surface area contributed by atoms with Gasteiger partial charge in [-0.1, -0.05) is 60.1 Å². The minimum atomic E-state index is -0.363. The van der Waals surface area contributed by atoms with Gasteiger partial charge in [-0.3, -0.25) is 0 Å². The minimum absolute atomic E-state index is 0.196. The molecular formula is C29H24ClN5O. The number of anilines is 1. The maximum Gasteiger partial charge on any atom is 0.322 e. The molecule has 3 aromatic carbocycles. The molecule has 0 unspecified atom stereocenters. The Morgan fingerprint density at radius 1 is 0.944 bits per heavy atom. The summed E-state index contributed by atoms with van der Waals surface area (Å²) in [5.41, 5.74) is 5.46. The lowest BCUT2D eigenvalue weighted by atomic mass is 10.0. The number of urea groups is 1. The Hall–Kier alpha value is -4.29. The summed E-state index contributed by atoms with van der Waals surface area (Å²) in [5, 5.41) is 8.60. The molecule has 7 heteroatoms. The van der Waals surface area contributed by atoms with Gasteiger partial charge in [0.1, 0.15) is 5.82 Å². The molecule has 1 aliphatic heterocycles. The number of fused-ring (bicyclic) bond motifs is 3. The number of aromatic nitrogens is 3. The monoisotopic (exact) mass is 493 g/mol. The van der Waals surface area contributed by atoms with Crippen LogP contribution in [0.15, 0.2) is 103 Å². The number of amides is 2. The number of carbonyl (C=O) groups excluding carboxylic acids is 1. The van der Waals surface area contributed by atoms with E-state index in [-0.39, 0.29) is 12.1 Å². The first kappa shape index (κ1) is 22.2. The minimum Gasteiger partial charge on any atom is -0.308 e. The third-order valence-electron chi connectivity index (χ3n) is 6.54. The molecule has 2 aromatic heterocycles. The lowest BCUT2D eigenvalue weighted by Crippen LogP contribution is -2.38. The summed E-state index contributed by atoms with van der Waals surface area (Å²) in [6.45, 7) is 2.37. The smallest absolute Gasteiger partial charge is 0.308 e. The van der Waals surface area contributed by atoms with Gasteiger partial charge in [-0.25, -0.2) is 9.48 Å². The number of hydrogen-bond donors (Lipinski definition) is 1. The Morgan fingerprint density at radius 2 is 1.69 bits per heavy atom. The van der Waals surface area contributed by atoms with Crippen molar-refractivity contribution < 1.29 is 4.79 Å². The van der Waals surface area contributed by atoms with Crippen molar-refractivity contribution in [3.05, 3.63) is 131 Å². The number of benzene rings is 3. The molecule has 3 heterocycles. The quantitative estimate of drug-likeness (QED) is 0.302. The fourth-order valence-electron chi connectivity index (χ4n) is 4.89. The third kappa shape index (κ3) is 3.85. The van der Waals surface area contributed by atoms with Crippen LogP contribution in [-0.2, 0) is 6.54 Å². The van der Waals surface area contributed by atoms with E-state index in [1.807, 2.05) is 114 Å². The second-order valence-electron chi connectivity index (χ2n) is 8.82. The molecule has 6 rings (SSSR count). The van der Waals surface area contributed by atoms with Crippen molar-refractivity contribution in [3.63, 3.8) is 0 Å². The molecule has 0 fully saturated rings. The van der Waals surface area contributed by atoms with Crippen molar-refractivity contribution in [1.29, 1.82) is 0 Å². The zero-order chi connectivity index (χ0) is 24.6. The van der Waals surface area contributed by atoms with Gasteiger partial charge in [0.2, 0.25) is 0 Å². The van der Waals surface area contributed by atoms with E-state index in [4.69, 9.17) is 16.7 Å². The van der Waals surface area contributed by atoms with Crippen LogP contribution in [0.2, 0.25) is 5.02 Å². The fourth-order valence-corrected chi connectivity index (χ4v) is 5.09. The molecule has 1 atom stereocenters. The molecule has 0 spiro atoms. The van der Waals surface area contributed by atoms with Crippen LogP contribution in [0.3, 0.4) is 0 Å². The first-order valence-electron chi connectivity index (χ1n) is 11.8. The largest absolute Gasteiger partial charge is 0.322 e. The highest BCUT2D eigenvalue weighted by Crippen LogP contribution is 2.39. The number of halogens is 1. The summed E-state index contributed by atoms with van der Waals surface area (Å²) in [7, 11) is 0. The van der Waals surface area contributed by atoms with E-state index < -0.39 is 0 Å². The molecule has 1 aliphatic rings. The SMILES string of the molecule is Cc1nn(-c2ccccc2)c2c1CN(C(=O)Nc1ccccc1)[C@@H](c1cccc(Cl)c1)c1cccn1-2. The molecule has 6 nitrogen and oxygen atoms in total. The van der Waals surface area contributed by atoms with E-state index in [2.05, 4.69) is 16.0 Å². The molecule has 178 valence electrons. The lowest BCUT2D eigenvalue weighted by molar-refractivity contribution is 0.194. The van der Waals surface area contributed by atoms with Gasteiger partial charge in [0.25, 0.3) is 0 Å². The molecule has 36 heavy (non-hydrogen) atoms. The Labute approximate surface area is 214 Å². The van der Waals surface area contributed by atoms with Gasteiger partial charge < -0.3 is 14.8 Å². The number of carbonyl (C=O) groups is 1. The summed E-state index contributed by atoms with van der Waals surface area (Å²) >= 11 is 6.42. The average Bonchev–Trinajstić information content (AvgIpc) is 3.45. The fraction of sp³-hybridized carbons (Fsp3) is 0.103. The lowest BCUT2D eigenvalue weighted by Gasteiger charge is -2.31. The van der Waals surface area contributed by atoms with Gasteiger partial charge in [-0.2, -0.15) is 5.10 Å². The zero-order valence-corrected chi connectivity index (χ0v) is 20.4. The molecule has 0 aliphatic carbocycles. The van der Waals surface area contributed by atoms with E-state index in [1.54, 1.807) is 0 Å². The average molecular weight is 494 g/mol. The highest BCUT2D eigenvalue weighted by atomic mass is 35.5. The van der Waals surface area contributed by atoms with E-state index in [1.165, 1.54) is 0 Å². The summed E-state index contributed by atoms with van der Waals surface area (Å²) in [4.78, 5) is 15.7. The number of para-hydroxylation sites is 2. The van der Waals surface area contributed by atoms with Crippen LogP contribution in [0.4, 0.5) is 10.5 Å². The molecule has 1 N–H and O–H groups in total. The molecule has 0 radical (unpaired) electrons. The van der Waals surface area contributed by atoms with Gasteiger partial charge in [-0.15, -0.1) is 0 Å². The summed E-state index contributed by atoms with van der Waals surface area (Å²) in [6, 6.07) is 30.8. The Morgan fingerprint density at radius 3 is 2.44 bits per heavy atom. The van der Waals surface area contributed by atoms with E-state index >= 15 is 0 Å². The van der Waals surface area contributed by atoms with Crippen molar-refractivity contribution >= 4 is 23.3 Å². The van der Waals surface area contributed by atoms with Crippen molar-refractivity contribution in [2.24, 2.45) is 0 Å². The van der Waals surface area contributed by atoms with Crippen molar-refractivity contribution in [1.82, 2.24) is 19.2 Å². The second kappa shape index (κ2) is 9.06. The Bertz CT molecular complexity index is 1540. The van der Waals surface area contributed by atoms with E-state index in [0.717, 1.165) is 39.7 Å². The van der Waals surface area contributed by atoms with Crippen LogP contribution < -0.4 is 5.32 Å². The van der Waals surface area contributed by atoms with Crippen LogP contribution in [0.5, 0.6) is 0 Å². The second-order valence-corrected chi connectivity index (χ2v) is 9.26. The number of rotatable bonds is 3. The topological polar surface area (TPSA) is 55.1 Å². The number of aryl methyl sites for hydroxylation is 1. The summed E-state index contributed by atoms with van der Waals surface area (Å²) in [6.07, 6.45) is 2.03. The van der Waals surface area contributed by atoms with Crippen LogP contribution in [0.25, 0.3) is 11.5 Å². The van der Waals surface area contributed by atoms with Gasteiger partial charge in [0, 0.05) is 22.5 Å². The van der Waals surface area contributed by atoms with Crippen LogP contribution in [0.1, 0.15) is 28.6 Å². The van der Waals surface area contributed by atoms with Crippen molar-refractivity contribution in [3.8, 4) is 11.5 Å². The van der Waals surface area contributed by atoms with E-state index in [0.29, 0.717) is 11.6 Å². The highest BCUT2D eigenvalue weighted by Gasteiger charge is 2.36. The van der Waals surface area contributed by atoms with Crippen molar-refractivity contribution in [2.75, 3.05) is 5.32 Å². The molecular weight excluding hydrogens is 470 g/mol. The molecule has 0 saturated heterocycles. The van der Waals surface area contributed by atoms with Crippen LogP contribution >= 0.6 is 11.6 Å². The first-order valence-corrected chi connectivity index (χ1v) is 12.2. The summed E-state index contributed by atoms with van der Waals surface area (Å²) < 4.78 is 4.10. The third-order valence-corrected chi connectivity index (χ3v) is 6.77. The van der Waals surface area contributed by atoms with Gasteiger partial charge >= 0.3 is 6.03 Å². The predicted octanol–water partition coefficient (Wildman–Crippen LogP) is 6.76. The predicted molar refractivity (Wildman–Crippen MR) is 142 cm³/mol. The van der Waals surface area contributed by atoms with Gasteiger partial charge in [0.15, 0.2) is 0 Å². The first-order chi connectivity index (χ1) is 17.6. The molecule has 0 saturated carbocycles. The Balaban J connectivity index is 1.55. The molecule has 5 aromatic rings. The highest BCUT2D eigenvalue weighted by molar-refractivity contribution is 6.30. The van der Waals surface area contributed by atoms with Gasteiger partial charge in [0.05, 0.1) is 29.7 Å². The van der Waals surface area contributed by atoms with Crippen molar-refractivity contribution in [2.45, 2.75) is 19.5 Å². The van der Waals surface area contributed by atoms with Crippen LogP contribution in [0, 0.1) is 6.92 Å². The number of hydrogen-bond acceptors (Lipinski definition) is 2. The standard InChI is InChI=1S/C29H24ClN5O/c1-20-25-19-34(29(36)31-23-12-4-2-5-13-23)27(21-10-8-11-22(30)18-21)26-16-9-17-33(26)28(25)35(32-20)24-14-6-3-7-15-24/h2-18,27H,19H2,1H3,(H,31,36)/t27-/m0/s1. The molecule has 0 bridgehead atoms. The van der Waals surface area contributed by atoms with Gasteiger partial charge in [-0.05, 0) is 61.0 Å². The Kier molecular flexibility index (Phi) is 5.58. The number of nitrogens with zero attached hydrogens (tertiary/aromatic N) is 4. The normalized spacial score (nSPS) is 14.6. The maximum absolute atomic E-state index is 13.9. The van der Waals surface area contributed by atoms with Crippen LogP contribution in [-0.4, -0.2) is 25.3 Å². The van der Waals surface area contributed by atoms with E-state index in [9.17, 15) is 4.79 Å². The maximum atomic E-state index is 13.9. The summed E-state index contributed by atoms with van der Waals surface area (Å²) in [5.74, 6) is 0.931. The zero-order valence-electron chi connectivity index (χ0n) is 19.7. The number of nitrogens with one attached hydrogen (secondary N) is 1.